The molecule has 118 valence electrons. The van der Waals surface area contributed by atoms with Crippen LogP contribution in [0.1, 0.15) is 58.8 Å². The van der Waals surface area contributed by atoms with E-state index in [1.807, 2.05) is 6.92 Å². The molecule has 0 aromatic carbocycles. The van der Waals surface area contributed by atoms with Crippen LogP contribution in [0.15, 0.2) is 12.2 Å². The number of hydrogen-bond donors (Lipinski definition) is 2. The number of carbonyl (C=O) groups is 2. The highest BCUT2D eigenvalue weighted by Gasteiger charge is 2.57. The number of rotatable bonds is 4. The molecule has 4 nitrogen and oxygen atoms in total. The molecule has 2 aliphatic carbocycles. The maximum absolute atomic E-state index is 11.8. The van der Waals surface area contributed by atoms with Crippen LogP contribution in [0, 0.1) is 22.7 Å². The predicted molar refractivity (Wildman–Crippen MR) is 79.9 cm³/mol. The number of aliphatic carboxylic acids is 2. The first kappa shape index (κ1) is 16.1. The molecule has 0 saturated heterocycles. The van der Waals surface area contributed by atoms with E-state index in [0.717, 1.165) is 37.7 Å². The fourth-order valence-electron chi connectivity index (χ4n) is 5.01. The topological polar surface area (TPSA) is 74.6 Å². The van der Waals surface area contributed by atoms with Crippen molar-refractivity contribution in [2.75, 3.05) is 0 Å². The maximum Gasteiger partial charge on any atom is 0.309 e. The zero-order chi connectivity index (χ0) is 15.8. The monoisotopic (exact) mass is 294 g/mol. The van der Waals surface area contributed by atoms with E-state index in [1.165, 1.54) is 0 Å². The first-order valence-electron chi connectivity index (χ1n) is 7.84. The third-order valence-corrected chi connectivity index (χ3v) is 6.16. The molecule has 0 aromatic rings. The van der Waals surface area contributed by atoms with Crippen LogP contribution in [0.2, 0.25) is 0 Å². The zero-order valence-electron chi connectivity index (χ0n) is 13.0. The fraction of sp³-hybridized carbons (Fsp3) is 0.765. The summed E-state index contributed by atoms with van der Waals surface area (Å²) in [6.45, 7) is 8.20. The molecule has 4 atom stereocenters. The van der Waals surface area contributed by atoms with Gasteiger partial charge in [-0.15, -0.1) is 0 Å². The second kappa shape index (κ2) is 5.47. The van der Waals surface area contributed by atoms with Gasteiger partial charge < -0.3 is 10.2 Å². The average molecular weight is 294 g/mol. The first-order valence-corrected chi connectivity index (χ1v) is 7.84. The van der Waals surface area contributed by atoms with E-state index in [9.17, 15) is 14.7 Å². The molecular formula is C17H26O4. The summed E-state index contributed by atoms with van der Waals surface area (Å²) < 4.78 is 0. The van der Waals surface area contributed by atoms with Gasteiger partial charge in [-0.2, -0.15) is 0 Å². The van der Waals surface area contributed by atoms with Crippen molar-refractivity contribution >= 4 is 11.9 Å². The van der Waals surface area contributed by atoms with E-state index in [2.05, 4.69) is 13.5 Å². The van der Waals surface area contributed by atoms with Gasteiger partial charge in [0.1, 0.15) is 0 Å². The standard InChI is InChI=1S/C17H26O4/c1-11-5-7-13-16(2,12(11)6-8-14(18)19)9-4-10-17(13,3)15(20)21/h12-13H,1,4-10H2,2-3H3,(H,18,19)(H,20,21)/t12-,13+,16+,17-/m0/s1. The molecule has 2 saturated carbocycles. The third kappa shape index (κ3) is 2.60. The number of allylic oxidation sites excluding steroid dienone is 1. The van der Waals surface area contributed by atoms with Crippen molar-refractivity contribution in [2.45, 2.75) is 58.8 Å². The highest BCUT2D eigenvalue weighted by molar-refractivity contribution is 5.75. The van der Waals surface area contributed by atoms with Gasteiger partial charge in [-0.1, -0.05) is 25.5 Å². The Morgan fingerprint density at radius 3 is 2.52 bits per heavy atom. The molecule has 0 aromatic heterocycles. The lowest BCUT2D eigenvalue weighted by molar-refractivity contribution is -0.164. The Morgan fingerprint density at radius 1 is 1.29 bits per heavy atom. The van der Waals surface area contributed by atoms with E-state index >= 15 is 0 Å². The Balaban J connectivity index is 2.33. The van der Waals surface area contributed by atoms with Crippen LogP contribution in [-0.4, -0.2) is 22.2 Å². The molecule has 0 bridgehead atoms. The summed E-state index contributed by atoms with van der Waals surface area (Å²) in [5.41, 5.74) is 0.301. The summed E-state index contributed by atoms with van der Waals surface area (Å²) >= 11 is 0. The van der Waals surface area contributed by atoms with Gasteiger partial charge in [0.15, 0.2) is 0 Å². The molecular weight excluding hydrogens is 268 g/mol. The van der Waals surface area contributed by atoms with Crippen LogP contribution in [0.5, 0.6) is 0 Å². The Hall–Kier alpha value is -1.32. The van der Waals surface area contributed by atoms with Gasteiger partial charge in [0, 0.05) is 6.42 Å². The molecule has 0 heterocycles. The quantitative estimate of drug-likeness (QED) is 0.775. The van der Waals surface area contributed by atoms with Crippen molar-refractivity contribution in [1.29, 1.82) is 0 Å². The summed E-state index contributed by atoms with van der Waals surface area (Å²) in [4.78, 5) is 22.7. The predicted octanol–water partition coefficient (Wildman–Crippen LogP) is 3.71. The molecule has 0 amide bonds. The molecule has 0 radical (unpaired) electrons. The Kier molecular flexibility index (Phi) is 4.18. The van der Waals surface area contributed by atoms with Crippen LogP contribution in [-0.2, 0) is 9.59 Å². The Labute approximate surface area is 126 Å². The number of carboxylic acid groups (broad SMARTS) is 2. The van der Waals surface area contributed by atoms with Crippen LogP contribution < -0.4 is 0 Å². The summed E-state index contributed by atoms with van der Waals surface area (Å²) in [6.07, 6.45) is 5.00. The molecule has 4 heteroatoms. The van der Waals surface area contributed by atoms with Gasteiger partial charge in [-0.3, -0.25) is 9.59 Å². The minimum atomic E-state index is -0.787. The summed E-state index contributed by atoms with van der Waals surface area (Å²) in [5.74, 6) is -1.25. The minimum absolute atomic E-state index is 0.112. The van der Waals surface area contributed by atoms with Crippen LogP contribution in [0.3, 0.4) is 0 Å². The second-order valence-corrected chi connectivity index (χ2v) is 7.32. The van der Waals surface area contributed by atoms with Gasteiger partial charge in [0.2, 0.25) is 0 Å². The maximum atomic E-state index is 11.8. The van der Waals surface area contributed by atoms with E-state index in [4.69, 9.17) is 5.11 Å². The fourth-order valence-corrected chi connectivity index (χ4v) is 5.01. The van der Waals surface area contributed by atoms with Crippen LogP contribution in [0.25, 0.3) is 0 Å². The lowest BCUT2D eigenvalue weighted by Crippen LogP contribution is -2.53. The van der Waals surface area contributed by atoms with Crippen molar-refractivity contribution in [2.24, 2.45) is 22.7 Å². The third-order valence-electron chi connectivity index (χ3n) is 6.16. The van der Waals surface area contributed by atoms with Crippen molar-refractivity contribution in [3.05, 3.63) is 12.2 Å². The first-order chi connectivity index (χ1) is 9.71. The molecule has 0 unspecified atom stereocenters. The van der Waals surface area contributed by atoms with Crippen molar-refractivity contribution in [3.63, 3.8) is 0 Å². The second-order valence-electron chi connectivity index (χ2n) is 7.32. The summed E-state index contributed by atoms with van der Waals surface area (Å²) in [7, 11) is 0. The number of carboxylic acids is 2. The highest BCUT2D eigenvalue weighted by atomic mass is 16.4. The average Bonchev–Trinajstić information content (AvgIpc) is 2.36. The molecule has 0 aliphatic heterocycles. The van der Waals surface area contributed by atoms with Gasteiger partial charge in [-0.05, 0) is 56.3 Å². The van der Waals surface area contributed by atoms with Gasteiger partial charge in [0.05, 0.1) is 5.41 Å². The lowest BCUT2D eigenvalue weighted by Gasteiger charge is -2.57. The van der Waals surface area contributed by atoms with E-state index < -0.39 is 17.4 Å². The molecule has 21 heavy (non-hydrogen) atoms. The smallest absolute Gasteiger partial charge is 0.309 e. The summed E-state index contributed by atoms with van der Waals surface area (Å²) in [6, 6.07) is 0. The molecule has 0 spiro atoms. The minimum Gasteiger partial charge on any atom is -0.481 e. The molecule has 2 N–H and O–H groups in total. The van der Waals surface area contributed by atoms with Crippen molar-refractivity contribution in [3.8, 4) is 0 Å². The normalized spacial score (nSPS) is 39.6. The lowest BCUT2D eigenvalue weighted by atomic mass is 9.46. The molecule has 2 aliphatic rings. The van der Waals surface area contributed by atoms with Crippen LogP contribution >= 0.6 is 0 Å². The largest absolute Gasteiger partial charge is 0.481 e. The van der Waals surface area contributed by atoms with Crippen LogP contribution in [0.4, 0.5) is 0 Å². The SMILES string of the molecule is C=C1CC[C@@H]2[C@](C)(CCC[C@]2(C)C(=O)O)[C@H]1CCC(=O)O. The van der Waals surface area contributed by atoms with Gasteiger partial charge >= 0.3 is 11.9 Å². The van der Waals surface area contributed by atoms with Gasteiger partial charge in [-0.25, -0.2) is 0 Å². The van der Waals surface area contributed by atoms with E-state index in [1.54, 1.807) is 0 Å². The number of hydrogen-bond acceptors (Lipinski definition) is 2. The van der Waals surface area contributed by atoms with E-state index in [0.29, 0.717) is 6.42 Å². The van der Waals surface area contributed by atoms with Crippen molar-refractivity contribution in [1.82, 2.24) is 0 Å². The molecule has 2 fully saturated rings. The van der Waals surface area contributed by atoms with Crippen molar-refractivity contribution < 1.29 is 19.8 Å². The zero-order valence-corrected chi connectivity index (χ0v) is 13.0. The molecule has 2 rings (SSSR count). The van der Waals surface area contributed by atoms with E-state index in [-0.39, 0.29) is 23.7 Å². The van der Waals surface area contributed by atoms with Gasteiger partial charge in [0.25, 0.3) is 0 Å². The Morgan fingerprint density at radius 2 is 1.95 bits per heavy atom. The summed E-state index contributed by atoms with van der Waals surface area (Å²) in [5, 5.41) is 18.7. The highest BCUT2D eigenvalue weighted by Crippen LogP contribution is 2.61. The Bertz CT molecular complexity index is 469. The number of fused-ring (bicyclic) bond motifs is 1.